The Labute approximate surface area is 252 Å². The van der Waals surface area contributed by atoms with Crippen molar-refractivity contribution in [1.29, 1.82) is 5.26 Å². The summed E-state index contributed by atoms with van der Waals surface area (Å²) in [4.78, 5) is 34.6. The molecule has 0 saturated carbocycles. The van der Waals surface area contributed by atoms with Crippen molar-refractivity contribution in [3.05, 3.63) is 131 Å². The van der Waals surface area contributed by atoms with Crippen molar-refractivity contribution < 1.29 is 9.53 Å². The fraction of sp³-hybridized carbons (Fsp3) is 0.212. The van der Waals surface area contributed by atoms with E-state index in [1.54, 1.807) is 33.7 Å². The highest BCUT2D eigenvalue weighted by Gasteiger charge is 2.34. The van der Waals surface area contributed by atoms with Crippen LogP contribution in [0.15, 0.2) is 93.9 Å². The van der Waals surface area contributed by atoms with E-state index in [9.17, 15) is 9.59 Å². The van der Waals surface area contributed by atoms with Gasteiger partial charge < -0.3 is 9.64 Å². The lowest BCUT2D eigenvalue weighted by Gasteiger charge is -2.29. The van der Waals surface area contributed by atoms with E-state index in [4.69, 9.17) is 26.6 Å². The number of carbonyl (C=O) groups is 1. The SMILES string of the molecule is CCN(CC)C(=O)C1=C(C)N=c2s/c(=C/c3ccc(OCc4ccc(C#N)cc4)cc3)c(=O)n2[C@@H]1c1ccc(Cl)cc1. The molecule has 1 aliphatic heterocycles. The summed E-state index contributed by atoms with van der Waals surface area (Å²) in [6.07, 6.45) is 1.83. The van der Waals surface area contributed by atoms with Crippen molar-refractivity contribution in [3.63, 3.8) is 0 Å². The van der Waals surface area contributed by atoms with Crippen LogP contribution in [-0.2, 0) is 11.4 Å². The summed E-state index contributed by atoms with van der Waals surface area (Å²) in [5, 5.41) is 9.54. The number of nitrogens with zero attached hydrogens (tertiary/aromatic N) is 4. The summed E-state index contributed by atoms with van der Waals surface area (Å²) >= 11 is 7.48. The van der Waals surface area contributed by atoms with Crippen LogP contribution in [0.4, 0.5) is 0 Å². The van der Waals surface area contributed by atoms with Crippen LogP contribution < -0.4 is 19.6 Å². The van der Waals surface area contributed by atoms with Gasteiger partial charge in [-0.15, -0.1) is 0 Å². The third-order valence-corrected chi connectivity index (χ3v) is 8.39. The molecule has 0 N–H and O–H groups in total. The maximum atomic E-state index is 13.9. The van der Waals surface area contributed by atoms with Crippen LogP contribution >= 0.6 is 22.9 Å². The van der Waals surface area contributed by atoms with Gasteiger partial charge in [-0.3, -0.25) is 14.2 Å². The van der Waals surface area contributed by atoms with Gasteiger partial charge in [-0.25, -0.2) is 4.99 Å². The molecule has 0 aliphatic carbocycles. The summed E-state index contributed by atoms with van der Waals surface area (Å²) < 4.78 is 8.03. The molecule has 1 aliphatic rings. The Kier molecular flexibility index (Phi) is 8.72. The molecule has 1 atom stereocenters. The summed E-state index contributed by atoms with van der Waals surface area (Å²) in [6, 6.07) is 23.5. The average Bonchev–Trinajstić information content (AvgIpc) is 3.31. The van der Waals surface area contributed by atoms with E-state index in [1.165, 1.54) is 11.3 Å². The molecule has 9 heteroatoms. The van der Waals surface area contributed by atoms with E-state index in [1.807, 2.05) is 75.4 Å². The molecule has 212 valence electrons. The second-order valence-corrected chi connectivity index (χ2v) is 11.2. The lowest BCUT2D eigenvalue weighted by molar-refractivity contribution is -0.127. The normalized spacial score (nSPS) is 14.6. The number of fused-ring (bicyclic) bond motifs is 1. The number of aromatic nitrogens is 1. The molecule has 2 heterocycles. The summed E-state index contributed by atoms with van der Waals surface area (Å²) in [6.45, 7) is 7.18. The molecule has 42 heavy (non-hydrogen) atoms. The van der Waals surface area contributed by atoms with Crippen molar-refractivity contribution in [2.75, 3.05) is 13.1 Å². The second-order valence-electron chi connectivity index (χ2n) is 9.78. The van der Waals surface area contributed by atoms with E-state index in [-0.39, 0.29) is 11.5 Å². The van der Waals surface area contributed by atoms with Gasteiger partial charge in [0.2, 0.25) is 0 Å². The van der Waals surface area contributed by atoms with E-state index in [2.05, 4.69) is 6.07 Å². The maximum absolute atomic E-state index is 13.9. The molecular formula is C33H29ClN4O3S. The molecule has 0 bridgehead atoms. The van der Waals surface area contributed by atoms with Gasteiger partial charge in [0.25, 0.3) is 11.5 Å². The van der Waals surface area contributed by atoms with E-state index < -0.39 is 6.04 Å². The number of ether oxygens (including phenoxy) is 1. The number of amides is 1. The molecule has 4 aromatic rings. The first kappa shape index (κ1) is 29.1. The zero-order valence-corrected chi connectivity index (χ0v) is 25.1. The van der Waals surface area contributed by atoms with E-state index in [0.717, 1.165) is 16.7 Å². The minimum absolute atomic E-state index is 0.132. The number of halogens is 1. The molecule has 5 rings (SSSR count). The first-order valence-electron chi connectivity index (χ1n) is 13.6. The molecule has 0 radical (unpaired) electrons. The van der Waals surface area contributed by atoms with Crippen molar-refractivity contribution in [3.8, 4) is 11.8 Å². The van der Waals surface area contributed by atoms with Crippen molar-refractivity contribution in [2.45, 2.75) is 33.4 Å². The van der Waals surface area contributed by atoms with Gasteiger partial charge in [0.05, 0.1) is 33.5 Å². The smallest absolute Gasteiger partial charge is 0.271 e. The van der Waals surface area contributed by atoms with Gasteiger partial charge >= 0.3 is 0 Å². The Morgan fingerprint density at radius 2 is 1.74 bits per heavy atom. The molecule has 0 fully saturated rings. The molecule has 7 nitrogen and oxygen atoms in total. The minimum Gasteiger partial charge on any atom is -0.489 e. The van der Waals surface area contributed by atoms with Crippen molar-refractivity contribution in [1.82, 2.24) is 9.47 Å². The Morgan fingerprint density at radius 3 is 2.36 bits per heavy atom. The zero-order valence-electron chi connectivity index (χ0n) is 23.5. The standard InChI is InChI=1S/C33H29ClN4O3S/c1-4-37(5-2)32(40)29-21(3)36-33-38(30(29)25-12-14-26(34)15-13-25)31(39)28(42-33)18-22-10-16-27(17-11-22)41-20-24-8-6-23(19-35)7-9-24/h6-18,30H,4-5,20H2,1-3H3/b28-18+/t30-/m1/s1. The predicted molar refractivity (Wildman–Crippen MR) is 165 cm³/mol. The van der Waals surface area contributed by atoms with Crippen LogP contribution in [0.25, 0.3) is 6.08 Å². The summed E-state index contributed by atoms with van der Waals surface area (Å²) in [5.74, 6) is 0.558. The average molecular weight is 597 g/mol. The Balaban J connectivity index is 1.48. The fourth-order valence-corrected chi connectivity index (χ4v) is 6.06. The van der Waals surface area contributed by atoms with Gasteiger partial charge in [0.15, 0.2) is 4.80 Å². The van der Waals surface area contributed by atoms with Gasteiger partial charge in [-0.1, -0.05) is 59.3 Å². The van der Waals surface area contributed by atoms with Gasteiger partial charge in [0, 0.05) is 18.1 Å². The van der Waals surface area contributed by atoms with Gasteiger partial charge in [0.1, 0.15) is 12.4 Å². The number of hydrogen-bond donors (Lipinski definition) is 0. The number of benzene rings is 3. The van der Waals surface area contributed by atoms with Crippen LogP contribution in [-0.4, -0.2) is 28.5 Å². The van der Waals surface area contributed by atoms with E-state index in [0.29, 0.717) is 56.6 Å². The lowest BCUT2D eigenvalue weighted by atomic mass is 9.94. The third-order valence-electron chi connectivity index (χ3n) is 7.15. The van der Waals surface area contributed by atoms with Crippen LogP contribution in [0, 0.1) is 11.3 Å². The van der Waals surface area contributed by atoms with Crippen molar-refractivity contribution >= 4 is 34.9 Å². The molecule has 1 amide bonds. The summed E-state index contributed by atoms with van der Waals surface area (Å²) in [7, 11) is 0. The first-order chi connectivity index (χ1) is 20.3. The van der Waals surface area contributed by atoms with Crippen molar-refractivity contribution in [2.24, 2.45) is 4.99 Å². The lowest BCUT2D eigenvalue weighted by Crippen LogP contribution is -2.43. The van der Waals surface area contributed by atoms with Crippen LogP contribution in [0.1, 0.15) is 49.1 Å². The van der Waals surface area contributed by atoms with Crippen LogP contribution in [0.5, 0.6) is 5.75 Å². The summed E-state index contributed by atoms with van der Waals surface area (Å²) in [5.41, 5.74) is 4.08. The molecule has 3 aromatic carbocycles. The molecule has 0 spiro atoms. The number of thiazole rings is 1. The Bertz CT molecular complexity index is 1860. The highest BCUT2D eigenvalue weighted by molar-refractivity contribution is 7.07. The third kappa shape index (κ3) is 5.94. The molecule has 1 aromatic heterocycles. The van der Waals surface area contributed by atoms with Crippen LogP contribution in [0.3, 0.4) is 0 Å². The molecular weight excluding hydrogens is 568 g/mol. The number of allylic oxidation sites excluding steroid dienone is 1. The Hall–Kier alpha value is -4.45. The predicted octanol–water partition coefficient (Wildman–Crippen LogP) is 5.21. The minimum atomic E-state index is -0.619. The largest absolute Gasteiger partial charge is 0.489 e. The zero-order chi connectivity index (χ0) is 29.8. The van der Waals surface area contributed by atoms with Crippen LogP contribution in [0.2, 0.25) is 5.02 Å². The highest BCUT2D eigenvalue weighted by Crippen LogP contribution is 2.31. The highest BCUT2D eigenvalue weighted by atomic mass is 35.5. The maximum Gasteiger partial charge on any atom is 0.271 e. The second kappa shape index (κ2) is 12.6. The number of likely N-dealkylation sites (N-methyl/N-ethyl adjacent to an activating group) is 1. The van der Waals surface area contributed by atoms with Gasteiger partial charge in [-0.2, -0.15) is 5.26 Å². The van der Waals surface area contributed by atoms with E-state index >= 15 is 0 Å². The van der Waals surface area contributed by atoms with Gasteiger partial charge in [-0.05, 0) is 79.9 Å². The first-order valence-corrected chi connectivity index (χ1v) is 14.8. The quantitative estimate of drug-likeness (QED) is 0.279. The number of rotatable bonds is 8. The molecule has 0 saturated heterocycles. The topological polar surface area (TPSA) is 87.7 Å². The number of carbonyl (C=O) groups excluding carboxylic acids is 1. The fourth-order valence-electron chi connectivity index (χ4n) is 4.89. The monoisotopic (exact) mass is 596 g/mol. The number of hydrogen-bond acceptors (Lipinski definition) is 6. The Morgan fingerprint density at radius 1 is 1.07 bits per heavy atom. The molecule has 0 unspecified atom stereocenters. The number of nitriles is 1.